The van der Waals surface area contributed by atoms with Crippen molar-refractivity contribution in [3.05, 3.63) is 82.0 Å². The number of benzene rings is 2. The van der Waals surface area contributed by atoms with Gasteiger partial charge in [-0.05, 0) is 36.3 Å². The molecule has 0 unspecified atom stereocenters. The Hall–Kier alpha value is -2.37. The maximum Gasteiger partial charge on any atom is 0.338 e. The molecule has 4 nitrogen and oxygen atoms in total. The van der Waals surface area contributed by atoms with Crippen LogP contribution in [0.1, 0.15) is 24.1 Å². The number of ether oxygens (including phenoxy) is 1. The van der Waals surface area contributed by atoms with Gasteiger partial charge in [0.05, 0.1) is 11.6 Å². The number of hydrogen-bond acceptors (Lipinski definition) is 3. The van der Waals surface area contributed by atoms with Gasteiger partial charge in [0.2, 0.25) is 0 Å². The zero-order valence-corrected chi connectivity index (χ0v) is 15.2. The first-order valence-corrected chi connectivity index (χ1v) is 8.58. The molecule has 3 rings (SSSR count). The lowest BCUT2D eigenvalue weighted by Crippen LogP contribution is -2.45. The molecule has 0 fully saturated rings. The molecule has 2 aromatic rings. The highest BCUT2D eigenvalue weighted by Gasteiger charge is 2.32. The Kier molecular flexibility index (Phi) is 5.36. The summed E-state index contributed by atoms with van der Waals surface area (Å²) in [6.07, 6.45) is 0. The number of allylic oxidation sites excluding steroid dienone is 1. The average Bonchev–Trinajstić information content (AvgIpc) is 2.60. The van der Waals surface area contributed by atoms with Crippen molar-refractivity contribution in [2.45, 2.75) is 19.6 Å². The largest absolute Gasteiger partial charge is 0.457 e. The highest BCUT2D eigenvalue weighted by atomic mass is 35.5. The molecule has 1 heterocycles. The van der Waals surface area contributed by atoms with E-state index in [1.54, 1.807) is 13.0 Å². The molecule has 6 heteroatoms. The molecule has 0 saturated heterocycles. The van der Waals surface area contributed by atoms with Gasteiger partial charge in [-0.2, -0.15) is 0 Å². The molecule has 2 N–H and O–H groups in total. The molecule has 0 amide bonds. The summed E-state index contributed by atoms with van der Waals surface area (Å²) in [5.74, 6) is -0.409. The maximum absolute atomic E-state index is 12.7. The van der Waals surface area contributed by atoms with Crippen LogP contribution in [0.4, 0.5) is 0 Å². The van der Waals surface area contributed by atoms with Gasteiger partial charge in [0.1, 0.15) is 6.61 Å². The lowest BCUT2D eigenvalue weighted by molar-refractivity contribution is -0.140. The predicted molar refractivity (Wildman–Crippen MR) is 102 cm³/mol. The standard InChI is InChI=1S/C19H17ClN2O2S/c1-12-16(18(23)24-11-13-7-3-2-4-8-13)17(22-19(25)21-12)14-9-5-6-10-15(14)20/h2-10,17H,11H2,1H3,(H2,21,22,25)/t17-/m0/s1. The van der Waals surface area contributed by atoms with Gasteiger partial charge in [0.15, 0.2) is 5.11 Å². The number of hydrogen-bond donors (Lipinski definition) is 2. The van der Waals surface area contributed by atoms with Gasteiger partial charge >= 0.3 is 5.97 Å². The van der Waals surface area contributed by atoms with Gasteiger partial charge in [-0.25, -0.2) is 4.79 Å². The third kappa shape index (κ3) is 4.00. The summed E-state index contributed by atoms with van der Waals surface area (Å²) in [6, 6.07) is 16.5. The summed E-state index contributed by atoms with van der Waals surface area (Å²) >= 11 is 11.5. The summed E-state index contributed by atoms with van der Waals surface area (Å²) in [4.78, 5) is 12.7. The fourth-order valence-electron chi connectivity index (χ4n) is 2.71. The minimum atomic E-state index is -0.453. The van der Waals surface area contributed by atoms with Gasteiger partial charge in [-0.1, -0.05) is 60.1 Å². The number of halogens is 1. The van der Waals surface area contributed by atoms with Crippen LogP contribution in [-0.4, -0.2) is 11.1 Å². The van der Waals surface area contributed by atoms with Crippen molar-refractivity contribution in [1.82, 2.24) is 10.6 Å². The highest BCUT2D eigenvalue weighted by Crippen LogP contribution is 2.32. The third-order valence-electron chi connectivity index (χ3n) is 3.92. The van der Waals surface area contributed by atoms with E-state index in [1.165, 1.54) is 0 Å². The molecule has 1 aliphatic rings. The number of rotatable bonds is 4. The number of esters is 1. The van der Waals surface area contributed by atoms with E-state index in [4.69, 9.17) is 28.6 Å². The van der Waals surface area contributed by atoms with Crippen LogP contribution in [0.3, 0.4) is 0 Å². The van der Waals surface area contributed by atoms with Gasteiger partial charge in [0.25, 0.3) is 0 Å². The number of nitrogens with one attached hydrogen (secondary N) is 2. The highest BCUT2D eigenvalue weighted by molar-refractivity contribution is 7.80. The van der Waals surface area contributed by atoms with E-state index in [0.717, 1.165) is 11.1 Å². The first-order valence-electron chi connectivity index (χ1n) is 7.80. The first kappa shape index (κ1) is 17.5. The van der Waals surface area contributed by atoms with Crippen molar-refractivity contribution in [2.75, 3.05) is 0 Å². The van der Waals surface area contributed by atoms with E-state index in [1.807, 2.05) is 48.5 Å². The van der Waals surface area contributed by atoms with Crippen LogP contribution in [0.2, 0.25) is 5.02 Å². The summed E-state index contributed by atoms with van der Waals surface area (Å²) in [7, 11) is 0. The Bertz CT molecular complexity index is 836. The quantitative estimate of drug-likeness (QED) is 0.630. The second kappa shape index (κ2) is 7.68. The fraction of sp³-hybridized carbons (Fsp3) is 0.158. The zero-order valence-electron chi connectivity index (χ0n) is 13.6. The van der Waals surface area contributed by atoms with Crippen LogP contribution < -0.4 is 10.6 Å². The Balaban J connectivity index is 1.87. The molecular formula is C19H17ClN2O2S. The van der Waals surface area contributed by atoms with Crippen molar-refractivity contribution in [3.63, 3.8) is 0 Å². The molecule has 0 aromatic heterocycles. The number of carbonyl (C=O) groups excluding carboxylic acids is 1. The molecular weight excluding hydrogens is 356 g/mol. The fourth-order valence-corrected chi connectivity index (χ4v) is 3.22. The topological polar surface area (TPSA) is 50.4 Å². The van der Waals surface area contributed by atoms with E-state index in [0.29, 0.717) is 21.4 Å². The lowest BCUT2D eigenvalue weighted by atomic mass is 9.95. The Labute approximate surface area is 156 Å². The predicted octanol–water partition coefficient (Wildman–Crippen LogP) is 3.88. The molecule has 0 radical (unpaired) electrons. The number of thiocarbonyl (C=S) groups is 1. The molecule has 0 bridgehead atoms. The first-order chi connectivity index (χ1) is 12.1. The smallest absolute Gasteiger partial charge is 0.338 e. The summed E-state index contributed by atoms with van der Waals surface area (Å²) in [5.41, 5.74) is 2.83. The second-order valence-corrected chi connectivity index (χ2v) is 6.47. The summed E-state index contributed by atoms with van der Waals surface area (Å²) < 4.78 is 5.50. The van der Waals surface area contributed by atoms with Crippen LogP contribution in [0, 0.1) is 0 Å². The van der Waals surface area contributed by atoms with Crippen LogP contribution in [0.15, 0.2) is 65.9 Å². The van der Waals surface area contributed by atoms with E-state index >= 15 is 0 Å². The Morgan fingerprint density at radius 1 is 1.16 bits per heavy atom. The van der Waals surface area contributed by atoms with Crippen LogP contribution >= 0.6 is 23.8 Å². The molecule has 0 spiro atoms. The lowest BCUT2D eigenvalue weighted by Gasteiger charge is -2.30. The monoisotopic (exact) mass is 372 g/mol. The minimum absolute atomic E-state index is 0.205. The maximum atomic E-state index is 12.7. The van der Waals surface area contributed by atoms with Gasteiger partial charge in [0, 0.05) is 10.7 Å². The Morgan fingerprint density at radius 3 is 2.56 bits per heavy atom. The van der Waals surface area contributed by atoms with Gasteiger partial charge < -0.3 is 15.4 Å². The summed E-state index contributed by atoms with van der Waals surface area (Å²) in [6.45, 7) is 2.01. The van der Waals surface area contributed by atoms with Crippen molar-refractivity contribution >= 4 is 34.9 Å². The molecule has 0 aliphatic carbocycles. The third-order valence-corrected chi connectivity index (χ3v) is 4.48. The van der Waals surface area contributed by atoms with Crippen molar-refractivity contribution < 1.29 is 9.53 Å². The molecule has 128 valence electrons. The second-order valence-electron chi connectivity index (χ2n) is 5.65. The molecule has 1 atom stereocenters. The summed E-state index contributed by atoms with van der Waals surface area (Å²) in [5, 5.41) is 7.10. The SMILES string of the molecule is CC1=C(C(=O)OCc2ccccc2)[C@H](c2ccccc2Cl)NC(=S)N1. The zero-order chi connectivity index (χ0) is 17.8. The van der Waals surface area contributed by atoms with E-state index in [9.17, 15) is 4.79 Å². The Morgan fingerprint density at radius 2 is 1.84 bits per heavy atom. The van der Waals surface area contributed by atoms with Gasteiger partial charge in [-0.15, -0.1) is 0 Å². The van der Waals surface area contributed by atoms with Crippen molar-refractivity contribution in [2.24, 2.45) is 0 Å². The van der Waals surface area contributed by atoms with Crippen molar-refractivity contribution in [3.8, 4) is 0 Å². The van der Waals surface area contributed by atoms with E-state index in [2.05, 4.69) is 10.6 Å². The average molecular weight is 373 g/mol. The molecule has 0 saturated carbocycles. The van der Waals surface area contributed by atoms with Gasteiger partial charge in [-0.3, -0.25) is 0 Å². The van der Waals surface area contributed by atoms with Crippen LogP contribution in [0.25, 0.3) is 0 Å². The molecule has 1 aliphatic heterocycles. The van der Waals surface area contributed by atoms with E-state index in [-0.39, 0.29) is 6.61 Å². The minimum Gasteiger partial charge on any atom is -0.457 e. The number of carbonyl (C=O) groups is 1. The van der Waals surface area contributed by atoms with Crippen LogP contribution in [-0.2, 0) is 16.1 Å². The normalized spacial score (nSPS) is 16.9. The molecule has 25 heavy (non-hydrogen) atoms. The van der Waals surface area contributed by atoms with Crippen LogP contribution in [0.5, 0.6) is 0 Å². The molecule has 2 aromatic carbocycles. The van der Waals surface area contributed by atoms with E-state index < -0.39 is 12.0 Å². The van der Waals surface area contributed by atoms with Crippen molar-refractivity contribution in [1.29, 1.82) is 0 Å².